The summed E-state index contributed by atoms with van der Waals surface area (Å²) in [5.41, 5.74) is 3.41. The number of anilines is 4. The van der Waals surface area contributed by atoms with Gasteiger partial charge in [0.2, 0.25) is 5.95 Å². The van der Waals surface area contributed by atoms with Crippen LogP contribution < -0.4 is 19.9 Å². The zero-order valence-corrected chi connectivity index (χ0v) is 19.7. The first-order valence-electron chi connectivity index (χ1n) is 11.0. The first-order valence-corrected chi connectivity index (χ1v) is 11.4. The molecule has 34 heavy (non-hydrogen) atoms. The van der Waals surface area contributed by atoms with Crippen LogP contribution in [0.25, 0.3) is 10.9 Å². The number of nitrogens with zero attached hydrogens (tertiary/aromatic N) is 5. The Kier molecular flexibility index (Phi) is 6.06. The Labute approximate surface area is 202 Å². The molecule has 4 aromatic rings. The van der Waals surface area contributed by atoms with Crippen LogP contribution in [0.4, 0.5) is 27.5 Å². The molecular formula is C25H24ClFN6O. The number of benzene rings is 2. The van der Waals surface area contributed by atoms with E-state index in [0.29, 0.717) is 22.4 Å². The van der Waals surface area contributed by atoms with Gasteiger partial charge in [0, 0.05) is 78.1 Å². The first kappa shape index (κ1) is 22.2. The Balaban J connectivity index is 1.33. The number of halogens is 2. The predicted octanol–water partition coefficient (Wildman–Crippen LogP) is 5.20. The van der Waals surface area contributed by atoms with Crippen molar-refractivity contribution in [3.05, 3.63) is 71.3 Å². The molecule has 0 atom stereocenters. The van der Waals surface area contributed by atoms with Crippen molar-refractivity contribution >= 4 is 45.6 Å². The van der Waals surface area contributed by atoms with Gasteiger partial charge in [-0.3, -0.25) is 4.98 Å². The molecule has 5 rings (SSSR count). The van der Waals surface area contributed by atoms with Crippen LogP contribution in [0, 0.1) is 12.7 Å². The minimum absolute atomic E-state index is 0.392. The van der Waals surface area contributed by atoms with Gasteiger partial charge in [-0.1, -0.05) is 11.6 Å². The van der Waals surface area contributed by atoms with E-state index in [2.05, 4.69) is 31.2 Å². The zero-order valence-electron chi connectivity index (χ0n) is 18.9. The van der Waals surface area contributed by atoms with Crippen molar-refractivity contribution in [1.29, 1.82) is 0 Å². The maximum atomic E-state index is 13.9. The number of pyridine rings is 1. The van der Waals surface area contributed by atoms with Gasteiger partial charge in [0.05, 0.1) is 12.6 Å². The summed E-state index contributed by atoms with van der Waals surface area (Å²) in [5.74, 6) is 1.29. The monoisotopic (exact) mass is 478 g/mol. The van der Waals surface area contributed by atoms with Gasteiger partial charge >= 0.3 is 0 Å². The summed E-state index contributed by atoms with van der Waals surface area (Å²) in [5, 5.41) is 4.88. The number of nitrogens with one attached hydrogen (secondary N) is 1. The first-order chi connectivity index (χ1) is 16.5. The molecule has 0 saturated carbocycles. The Morgan fingerprint density at radius 3 is 2.56 bits per heavy atom. The highest BCUT2D eigenvalue weighted by molar-refractivity contribution is 6.31. The van der Waals surface area contributed by atoms with Crippen molar-refractivity contribution in [2.75, 3.05) is 48.4 Å². The van der Waals surface area contributed by atoms with E-state index >= 15 is 0 Å². The molecule has 2 aromatic carbocycles. The lowest BCUT2D eigenvalue weighted by molar-refractivity contribution is 0.411. The van der Waals surface area contributed by atoms with Gasteiger partial charge in [0.1, 0.15) is 17.4 Å². The summed E-state index contributed by atoms with van der Waals surface area (Å²) in [4.78, 5) is 18.2. The van der Waals surface area contributed by atoms with Gasteiger partial charge < -0.3 is 19.9 Å². The number of hydrogen-bond acceptors (Lipinski definition) is 7. The van der Waals surface area contributed by atoms with Crippen molar-refractivity contribution in [3.63, 3.8) is 0 Å². The third-order valence-corrected chi connectivity index (χ3v) is 6.07. The minimum atomic E-state index is -0.392. The van der Waals surface area contributed by atoms with Crippen LogP contribution in [0.5, 0.6) is 5.75 Å². The summed E-state index contributed by atoms with van der Waals surface area (Å²) in [7, 11) is 1.50. The van der Waals surface area contributed by atoms with Crippen molar-refractivity contribution < 1.29 is 9.13 Å². The number of rotatable bonds is 5. The molecular weight excluding hydrogens is 455 g/mol. The van der Waals surface area contributed by atoms with Crippen LogP contribution in [0.3, 0.4) is 0 Å². The predicted molar refractivity (Wildman–Crippen MR) is 134 cm³/mol. The van der Waals surface area contributed by atoms with Gasteiger partial charge in [-0.05, 0) is 37.3 Å². The molecule has 7 nitrogen and oxygen atoms in total. The maximum absolute atomic E-state index is 13.9. The van der Waals surface area contributed by atoms with Crippen LogP contribution in [-0.2, 0) is 0 Å². The second kappa shape index (κ2) is 9.30. The summed E-state index contributed by atoms with van der Waals surface area (Å²) in [6.45, 7) is 5.22. The third-order valence-electron chi connectivity index (χ3n) is 5.83. The maximum Gasteiger partial charge on any atom is 0.229 e. The molecule has 1 aliphatic heterocycles. The molecule has 1 saturated heterocycles. The molecule has 1 aliphatic rings. The second-order valence-corrected chi connectivity index (χ2v) is 8.60. The molecule has 0 bridgehead atoms. The largest absolute Gasteiger partial charge is 0.497 e. The Hall–Kier alpha value is -3.65. The summed E-state index contributed by atoms with van der Waals surface area (Å²) < 4.78 is 19.0. The molecule has 0 unspecified atom stereocenters. The normalized spacial score (nSPS) is 13.9. The molecule has 9 heteroatoms. The molecule has 0 amide bonds. The van der Waals surface area contributed by atoms with Gasteiger partial charge in [-0.15, -0.1) is 0 Å². The molecule has 0 radical (unpaired) electrons. The SMILES string of the molecule is COc1cc(F)cc(Nc2nc(C)cc(N3CCN(c4ccnc5cc(Cl)ccc45)CC3)n2)c1. The highest BCUT2D eigenvalue weighted by Crippen LogP contribution is 2.29. The summed E-state index contributed by atoms with van der Waals surface area (Å²) in [6, 6.07) is 14.3. The highest BCUT2D eigenvalue weighted by Gasteiger charge is 2.21. The molecule has 1 N–H and O–H groups in total. The smallest absolute Gasteiger partial charge is 0.229 e. The van der Waals surface area contributed by atoms with E-state index in [0.717, 1.165) is 54.3 Å². The lowest BCUT2D eigenvalue weighted by atomic mass is 10.1. The van der Waals surface area contributed by atoms with Gasteiger partial charge in [-0.25, -0.2) is 9.37 Å². The molecule has 0 aliphatic carbocycles. The Morgan fingerprint density at radius 2 is 1.76 bits per heavy atom. The van der Waals surface area contributed by atoms with E-state index in [9.17, 15) is 4.39 Å². The molecule has 2 aromatic heterocycles. The van der Waals surface area contributed by atoms with Gasteiger partial charge in [0.15, 0.2) is 0 Å². The lowest BCUT2D eigenvalue weighted by Gasteiger charge is -2.37. The number of methoxy groups -OCH3 is 1. The topological polar surface area (TPSA) is 66.4 Å². The molecule has 174 valence electrons. The van der Waals surface area contributed by atoms with E-state index in [1.54, 1.807) is 6.07 Å². The number of fused-ring (bicyclic) bond motifs is 1. The van der Waals surface area contributed by atoms with Crippen LogP contribution in [-0.4, -0.2) is 48.2 Å². The fourth-order valence-corrected chi connectivity index (χ4v) is 4.38. The third kappa shape index (κ3) is 4.68. The van der Waals surface area contributed by atoms with Crippen molar-refractivity contribution in [2.45, 2.75) is 6.92 Å². The fourth-order valence-electron chi connectivity index (χ4n) is 4.21. The van der Waals surface area contributed by atoms with Crippen molar-refractivity contribution in [2.24, 2.45) is 0 Å². The number of hydrogen-bond donors (Lipinski definition) is 1. The molecule has 3 heterocycles. The van der Waals surface area contributed by atoms with Crippen LogP contribution in [0.1, 0.15) is 5.69 Å². The second-order valence-electron chi connectivity index (χ2n) is 8.16. The van der Waals surface area contributed by atoms with Crippen molar-refractivity contribution in [3.8, 4) is 5.75 Å². The van der Waals surface area contributed by atoms with Gasteiger partial charge in [-0.2, -0.15) is 4.98 Å². The quantitative estimate of drug-likeness (QED) is 0.422. The minimum Gasteiger partial charge on any atom is -0.497 e. The van der Waals surface area contributed by atoms with Crippen LogP contribution >= 0.6 is 11.6 Å². The number of ether oxygens (including phenoxy) is 1. The number of piperazine rings is 1. The van der Waals surface area contributed by atoms with Crippen LogP contribution in [0.2, 0.25) is 5.02 Å². The average Bonchev–Trinajstić information content (AvgIpc) is 2.83. The Bertz CT molecular complexity index is 1340. The molecule has 0 spiro atoms. The summed E-state index contributed by atoms with van der Waals surface area (Å²) >= 11 is 6.14. The lowest BCUT2D eigenvalue weighted by Crippen LogP contribution is -2.47. The number of aromatic nitrogens is 3. The summed E-state index contributed by atoms with van der Waals surface area (Å²) in [6.07, 6.45) is 1.83. The molecule has 1 fully saturated rings. The number of aryl methyl sites for hydroxylation is 1. The van der Waals surface area contributed by atoms with E-state index in [1.807, 2.05) is 37.4 Å². The van der Waals surface area contributed by atoms with Crippen molar-refractivity contribution in [1.82, 2.24) is 15.0 Å². The zero-order chi connectivity index (χ0) is 23.7. The van der Waals surface area contributed by atoms with Gasteiger partial charge in [0.25, 0.3) is 0 Å². The van der Waals surface area contributed by atoms with E-state index in [1.165, 1.54) is 19.2 Å². The van der Waals surface area contributed by atoms with E-state index in [-0.39, 0.29) is 0 Å². The standard InChI is InChI=1S/C25H24ClFN6O/c1-16-11-24(31-25(29-16)30-19-13-18(27)14-20(15-19)34-2)33-9-7-32(8-10-33)23-5-6-28-22-12-17(26)3-4-21(22)23/h3-6,11-15H,7-10H2,1-2H3,(H,29,30,31). The van der Waals surface area contributed by atoms with E-state index in [4.69, 9.17) is 21.3 Å². The average molecular weight is 479 g/mol. The Morgan fingerprint density at radius 1 is 0.971 bits per heavy atom. The fraction of sp³-hybridized carbons (Fsp3) is 0.240. The van der Waals surface area contributed by atoms with E-state index < -0.39 is 5.82 Å². The highest BCUT2D eigenvalue weighted by atomic mass is 35.5. The van der Waals surface area contributed by atoms with Crippen LogP contribution in [0.15, 0.2) is 54.7 Å².